The second-order valence-corrected chi connectivity index (χ2v) is 4.24. The second-order valence-electron chi connectivity index (χ2n) is 4.24. The van der Waals surface area contributed by atoms with Gasteiger partial charge < -0.3 is 14.9 Å². The summed E-state index contributed by atoms with van der Waals surface area (Å²) in [6, 6.07) is 5.87. The Hall–Kier alpha value is -1.71. The van der Waals surface area contributed by atoms with Crippen LogP contribution in [-0.2, 0) is 11.2 Å². The molecule has 0 radical (unpaired) electrons. The van der Waals surface area contributed by atoms with Crippen LogP contribution in [0.25, 0.3) is 0 Å². The first-order chi connectivity index (χ1) is 7.58. The van der Waals surface area contributed by atoms with E-state index in [-0.39, 0.29) is 6.42 Å². The van der Waals surface area contributed by atoms with Crippen molar-refractivity contribution < 1.29 is 9.90 Å². The van der Waals surface area contributed by atoms with Crippen LogP contribution < -0.4 is 9.80 Å². The summed E-state index contributed by atoms with van der Waals surface area (Å²) in [6.07, 6.45) is 0.0881. The molecule has 1 aliphatic heterocycles. The second kappa shape index (κ2) is 4.04. The average Bonchev–Trinajstić information content (AvgIpc) is 2.23. The Kier molecular flexibility index (Phi) is 2.73. The third kappa shape index (κ3) is 1.96. The minimum absolute atomic E-state index is 0.0881. The van der Waals surface area contributed by atoms with Gasteiger partial charge in [0.2, 0.25) is 0 Å². The fourth-order valence-corrected chi connectivity index (χ4v) is 2.02. The number of hydrogen-bond donors (Lipinski definition) is 1. The fourth-order valence-electron chi connectivity index (χ4n) is 2.02. The van der Waals surface area contributed by atoms with E-state index in [4.69, 9.17) is 5.11 Å². The standard InChI is InChI=1S/C12H16N2O2/c1-13-5-6-14(2)11-7-9(8-12(15)16)3-4-10(11)13/h3-4,7H,5-6,8H2,1-2H3,(H,15,16). The van der Waals surface area contributed by atoms with E-state index in [1.165, 1.54) is 5.69 Å². The summed E-state index contributed by atoms with van der Waals surface area (Å²) in [4.78, 5) is 15.0. The highest BCUT2D eigenvalue weighted by Crippen LogP contribution is 2.32. The first kappa shape index (κ1) is 10.8. The fraction of sp³-hybridized carbons (Fsp3) is 0.417. The van der Waals surface area contributed by atoms with Gasteiger partial charge in [0.25, 0.3) is 0 Å². The molecule has 2 rings (SSSR count). The van der Waals surface area contributed by atoms with Crippen LogP contribution in [0.4, 0.5) is 11.4 Å². The Morgan fingerprint density at radius 1 is 1.25 bits per heavy atom. The van der Waals surface area contributed by atoms with Crippen molar-refractivity contribution in [3.8, 4) is 0 Å². The number of fused-ring (bicyclic) bond motifs is 1. The topological polar surface area (TPSA) is 43.8 Å². The molecule has 86 valence electrons. The van der Waals surface area contributed by atoms with Crippen LogP contribution in [0.2, 0.25) is 0 Å². The SMILES string of the molecule is CN1CCN(C)c2cc(CC(=O)O)ccc21. The first-order valence-corrected chi connectivity index (χ1v) is 5.35. The molecule has 0 unspecified atom stereocenters. The summed E-state index contributed by atoms with van der Waals surface area (Å²) < 4.78 is 0. The number of likely N-dealkylation sites (N-methyl/N-ethyl adjacent to an activating group) is 2. The van der Waals surface area contributed by atoms with Crippen LogP contribution in [0, 0.1) is 0 Å². The van der Waals surface area contributed by atoms with Crippen molar-refractivity contribution in [2.45, 2.75) is 6.42 Å². The molecule has 0 saturated carbocycles. The van der Waals surface area contributed by atoms with Gasteiger partial charge in [-0.25, -0.2) is 0 Å². The molecule has 4 heteroatoms. The first-order valence-electron chi connectivity index (χ1n) is 5.35. The van der Waals surface area contributed by atoms with E-state index in [0.717, 1.165) is 24.3 Å². The van der Waals surface area contributed by atoms with Gasteiger partial charge >= 0.3 is 5.97 Å². The van der Waals surface area contributed by atoms with E-state index in [1.54, 1.807) is 0 Å². The summed E-state index contributed by atoms with van der Waals surface area (Å²) in [7, 11) is 4.10. The van der Waals surface area contributed by atoms with E-state index < -0.39 is 5.97 Å². The van der Waals surface area contributed by atoms with Crippen molar-refractivity contribution in [1.82, 2.24) is 0 Å². The molecular formula is C12H16N2O2. The zero-order valence-electron chi connectivity index (χ0n) is 9.60. The maximum absolute atomic E-state index is 10.7. The zero-order chi connectivity index (χ0) is 11.7. The van der Waals surface area contributed by atoms with Crippen molar-refractivity contribution in [1.29, 1.82) is 0 Å². The number of hydrogen-bond acceptors (Lipinski definition) is 3. The van der Waals surface area contributed by atoms with Gasteiger partial charge in [-0.05, 0) is 17.7 Å². The molecule has 1 aromatic rings. The maximum Gasteiger partial charge on any atom is 0.307 e. The Balaban J connectivity index is 2.36. The van der Waals surface area contributed by atoms with Crippen molar-refractivity contribution in [3.63, 3.8) is 0 Å². The molecule has 4 nitrogen and oxygen atoms in total. The summed E-state index contributed by atoms with van der Waals surface area (Å²) in [6.45, 7) is 1.97. The monoisotopic (exact) mass is 220 g/mol. The molecule has 1 aliphatic rings. The predicted molar refractivity (Wildman–Crippen MR) is 64.3 cm³/mol. The highest BCUT2D eigenvalue weighted by atomic mass is 16.4. The van der Waals surface area contributed by atoms with Gasteiger partial charge in [-0.2, -0.15) is 0 Å². The number of carbonyl (C=O) groups is 1. The molecule has 16 heavy (non-hydrogen) atoms. The van der Waals surface area contributed by atoms with Crippen LogP contribution in [-0.4, -0.2) is 38.3 Å². The largest absolute Gasteiger partial charge is 0.481 e. The number of carboxylic acid groups (broad SMARTS) is 1. The zero-order valence-corrected chi connectivity index (χ0v) is 9.60. The molecular weight excluding hydrogens is 204 g/mol. The van der Waals surface area contributed by atoms with Gasteiger partial charge in [-0.15, -0.1) is 0 Å². The normalized spacial score (nSPS) is 14.9. The number of anilines is 2. The Labute approximate surface area is 95.1 Å². The van der Waals surface area contributed by atoms with E-state index in [0.29, 0.717) is 0 Å². The van der Waals surface area contributed by atoms with Crippen molar-refractivity contribution in [2.75, 3.05) is 37.0 Å². The van der Waals surface area contributed by atoms with Crippen molar-refractivity contribution in [3.05, 3.63) is 23.8 Å². The molecule has 0 spiro atoms. The molecule has 0 saturated heterocycles. The van der Waals surface area contributed by atoms with Gasteiger partial charge in [0, 0.05) is 27.2 Å². The quantitative estimate of drug-likeness (QED) is 0.813. The van der Waals surface area contributed by atoms with Crippen LogP contribution >= 0.6 is 0 Å². The molecule has 0 aromatic heterocycles. The van der Waals surface area contributed by atoms with Gasteiger partial charge in [0.05, 0.1) is 17.8 Å². The van der Waals surface area contributed by atoms with Gasteiger partial charge in [-0.1, -0.05) is 6.07 Å². The minimum atomic E-state index is -0.785. The summed E-state index contributed by atoms with van der Waals surface area (Å²) in [5.74, 6) is -0.785. The lowest BCUT2D eigenvalue weighted by Gasteiger charge is -2.35. The van der Waals surface area contributed by atoms with Crippen LogP contribution in [0.3, 0.4) is 0 Å². The third-order valence-corrected chi connectivity index (χ3v) is 2.99. The highest BCUT2D eigenvalue weighted by molar-refractivity contribution is 5.76. The molecule has 1 heterocycles. The number of carboxylic acids is 1. The average molecular weight is 220 g/mol. The smallest absolute Gasteiger partial charge is 0.307 e. The van der Waals surface area contributed by atoms with Gasteiger partial charge in [0.15, 0.2) is 0 Å². The lowest BCUT2D eigenvalue weighted by atomic mass is 10.1. The summed E-state index contributed by atoms with van der Waals surface area (Å²) in [5.41, 5.74) is 3.14. The number of aliphatic carboxylic acids is 1. The molecule has 0 aliphatic carbocycles. The van der Waals surface area contributed by atoms with E-state index in [9.17, 15) is 4.79 Å². The molecule has 1 N–H and O–H groups in total. The summed E-state index contributed by atoms with van der Waals surface area (Å²) in [5, 5.41) is 8.76. The lowest BCUT2D eigenvalue weighted by Crippen LogP contribution is -2.36. The van der Waals surface area contributed by atoms with E-state index in [2.05, 4.69) is 16.8 Å². The Morgan fingerprint density at radius 3 is 2.50 bits per heavy atom. The molecule has 0 atom stereocenters. The molecule has 0 fully saturated rings. The Bertz CT molecular complexity index is 417. The third-order valence-electron chi connectivity index (χ3n) is 2.99. The molecule has 1 aromatic carbocycles. The Morgan fingerprint density at radius 2 is 1.88 bits per heavy atom. The number of nitrogens with zero attached hydrogens (tertiary/aromatic N) is 2. The molecule has 0 amide bonds. The van der Waals surface area contributed by atoms with Crippen LogP contribution in [0.5, 0.6) is 0 Å². The molecule has 0 bridgehead atoms. The van der Waals surface area contributed by atoms with E-state index >= 15 is 0 Å². The van der Waals surface area contributed by atoms with Crippen LogP contribution in [0.1, 0.15) is 5.56 Å². The minimum Gasteiger partial charge on any atom is -0.481 e. The maximum atomic E-state index is 10.7. The number of rotatable bonds is 2. The summed E-state index contributed by atoms with van der Waals surface area (Å²) >= 11 is 0. The van der Waals surface area contributed by atoms with Crippen LogP contribution in [0.15, 0.2) is 18.2 Å². The van der Waals surface area contributed by atoms with Crippen molar-refractivity contribution >= 4 is 17.3 Å². The van der Waals surface area contributed by atoms with Crippen molar-refractivity contribution in [2.24, 2.45) is 0 Å². The lowest BCUT2D eigenvalue weighted by molar-refractivity contribution is -0.136. The highest BCUT2D eigenvalue weighted by Gasteiger charge is 2.17. The van der Waals surface area contributed by atoms with Gasteiger partial charge in [0.1, 0.15) is 0 Å². The number of benzene rings is 1. The van der Waals surface area contributed by atoms with E-state index in [1.807, 2.05) is 25.2 Å². The predicted octanol–water partition coefficient (Wildman–Crippen LogP) is 1.20. The van der Waals surface area contributed by atoms with Gasteiger partial charge in [-0.3, -0.25) is 4.79 Å².